The van der Waals surface area contributed by atoms with Crippen molar-refractivity contribution in [1.82, 2.24) is 0 Å². The number of thiophene rings is 1. The van der Waals surface area contributed by atoms with Gasteiger partial charge in [0.1, 0.15) is 0 Å². The molecule has 0 radical (unpaired) electrons. The van der Waals surface area contributed by atoms with Gasteiger partial charge < -0.3 is 14.7 Å². The van der Waals surface area contributed by atoms with Crippen LogP contribution in [0.2, 0.25) is 0 Å². The topological polar surface area (TPSA) is 9.72 Å². The molecule has 3 nitrogen and oxygen atoms in total. The zero-order valence-corrected chi connectivity index (χ0v) is 54.1. The largest absolute Gasteiger partial charge is 0.311 e. The molecule has 0 amide bonds. The summed E-state index contributed by atoms with van der Waals surface area (Å²) in [6.45, 7) is 45.2. The van der Waals surface area contributed by atoms with Gasteiger partial charge in [0, 0.05) is 54.6 Å². The third kappa shape index (κ3) is 9.75. The summed E-state index contributed by atoms with van der Waals surface area (Å²) < 4.78 is 2.75. The van der Waals surface area contributed by atoms with Gasteiger partial charge in [0.2, 0.25) is 0 Å². The summed E-state index contributed by atoms with van der Waals surface area (Å²) in [7, 11) is 0. The maximum absolute atomic E-state index is 2.71. The molecule has 0 spiro atoms. The lowest BCUT2D eigenvalue weighted by atomic mass is 9.36. The van der Waals surface area contributed by atoms with Crippen LogP contribution >= 0.6 is 11.3 Å². The minimum atomic E-state index is -0.157. The van der Waals surface area contributed by atoms with Crippen LogP contribution in [-0.2, 0) is 37.9 Å². The second kappa shape index (κ2) is 19.4. The van der Waals surface area contributed by atoms with Crippen molar-refractivity contribution in [1.29, 1.82) is 0 Å². The van der Waals surface area contributed by atoms with E-state index in [-0.39, 0.29) is 44.6 Å². The van der Waals surface area contributed by atoms with E-state index in [1.807, 2.05) is 11.3 Å². The SMILES string of the molecule is CC(C)(C)c1ccc(N2c3ccc(C(C)(C)C)cc3B3c4sc5cc(C(C)(C)C)cc(C(C)(C)C)c5c4N(c4ccc(C(C)(C)C)cc4)c4cc(N(c5ccc6c(c5)C(C)(C)CCC6(C)C)c5ccccc5-c5ccccc5)cc2c43)cc1. The predicted molar refractivity (Wildman–Crippen MR) is 365 cm³/mol. The van der Waals surface area contributed by atoms with Crippen LogP contribution in [0, 0.1) is 0 Å². The Morgan fingerprint density at radius 1 is 0.446 bits per heavy atom. The Morgan fingerprint density at radius 2 is 0.976 bits per heavy atom. The molecule has 0 atom stereocenters. The van der Waals surface area contributed by atoms with E-state index in [4.69, 9.17) is 0 Å². The Morgan fingerprint density at radius 3 is 1.55 bits per heavy atom. The first-order valence-corrected chi connectivity index (χ1v) is 31.5. The number of rotatable bonds is 6. The molecule has 0 saturated heterocycles. The summed E-state index contributed by atoms with van der Waals surface area (Å²) in [6, 6.07) is 64.5. The molecule has 8 aromatic carbocycles. The van der Waals surface area contributed by atoms with Crippen LogP contribution in [-0.4, -0.2) is 6.71 Å². The van der Waals surface area contributed by atoms with Gasteiger partial charge in [-0.05, 0) is 173 Å². The molecule has 9 aromatic rings. The maximum Gasteiger partial charge on any atom is 0.264 e. The monoisotopic (exact) mass is 1110 g/mol. The standard InChI is InChI=1S/C78H88BN3S/c1-72(2,3)50-29-34-54(35-30-50)81-64-40-33-52(74(7,8)9)44-62(64)79-69-65(81)47-57(80(63-28-24-23-27-58(63)49-25-21-20-22-26-49)56-38-39-59-60(46-56)78(18,19)42-41-77(59,16)17)48-66(69)82(55-36-31-51(32-37-55)73(4,5)6)70-68-61(76(13,14)15)43-53(75(10,11)12)45-67(68)83-71(70)79/h20-40,43-48H,41-42H2,1-19H3. The highest BCUT2D eigenvalue weighted by molar-refractivity contribution is 7.33. The minimum absolute atomic E-state index is 0.00375. The van der Waals surface area contributed by atoms with Gasteiger partial charge >= 0.3 is 0 Å². The lowest BCUT2D eigenvalue weighted by molar-refractivity contribution is 0.332. The molecule has 0 fully saturated rings. The Kier molecular flexibility index (Phi) is 13.2. The molecule has 0 saturated carbocycles. The predicted octanol–water partition coefficient (Wildman–Crippen LogP) is 21.0. The number of nitrogens with zero attached hydrogens (tertiary/aromatic N) is 3. The molecular weight excluding hydrogens is 1020 g/mol. The summed E-state index contributed by atoms with van der Waals surface area (Å²) in [5, 5.41) is 1.36. The quantitative estimate of drug-likeness (QED) is 0.154. The van der Waals surface area contributed by atoms with Crippen molar-refractivity contribution >= 4 is 95.0 Å². The van der Waals surface area contributed by atoms with Crippen LogP contribution in [0.25, 0.3) is 21.2 Å². The van der Waals surface area contributed by atoms with Crippen molar-refractivity contribution in [2.24, 2.45) is 0 Å². The van der Waals surface area contributed by atoms with E-state index in [0.29, 0.717) is 0 Å². The van der Waals surface area contributed by atoms with Gasteiger partial charge in [0.05, 0.1) is 17.1 Å². The fraction of sp³-hybridized carbons (Fsp3) is 0.359. The van der Waals surface area contributed by atoms with Gasteiger partial charge in [-0.3, -0.25) is 0 Å². The second-order valence-corrected chi connectivity index (χ2v) is 32.1. The van der Waals surface area contributed by atoms with Gasteiger partial charge in [-0.25, -0.2) is 0 Å². The van der Waals surface area contributed by atoms with Crippen LogP contribution in [0.1, 0.15) is 183 Å². The summed E-state index contributed by atoms with van der Waals surface area (Å²) >= 11 is 2.03. The van der Waals surface area contributed by atoms with E-state index < -0.39 is 0 Å². The number of para-hydroxylation sites is 1. The van der Waals surface area contributed by atoms with Crippen molar-refractivity contribution in [2.45, 2.75) is 182 Å². The van der Waals surface area contributed by atoms with Crippen molar-refractivity contribution in [3.63, 3.8) is 0 Å². The third-order valence-electron chi connectivity index (χ3n) is 18.9. The zero-order valence-electron chi connectivity index (χ0n) is 53.3. The third-order valence-corrected chi connectivity index (χ3v) is 20.0. The Bertz CT molecular complexity index is 3990. The fourth-order valence-corrected chi connectivity index (χ4v) is 15.0. The maximum atomic E-state index is 2.71. The molecule has 424 valence electrons. The van der Waals surface area contributed by atoms with Gasteiger partial charge in [0.25, 0.3) is 6.71 Å². The smallest absolute Gasteiger partial charge is 0.264 e. The molecule has 5 heteroatoms. The van der Waals surface area contributed by atoms with Crippen LogP contribution in [0.5, 0.6) is 0 Å². The van der Waals surface area contributed by atoms with E-state index >= 15 is 0 Å². The molecule has 3 aliphatic rings. The normalized spacial score (nSPS) is 15.7. The molecule has 1 aromatic heterocycles. The Labute approximate surface area is 502 Å². The lowest BCUT2D eigenvalue weighted by Gasteiger charge is -2.45. The Hall–Kier alpha value is -6.82. The zero-order chi connectivity index (χ0) is 59.3. The number of hydrogen-bond acceptors (Lipinski definition) is 4. The van der Waals surface area contributed by atoms with Gasteiger partial charge in [-0.1, -0.05) is 229 Å². The minimum Gasteiger partial charge on any atom is -0.311 e. The van der Waals surface area contributed by atoms with Crippen LogP contribution in [0.15, 0.2) is 164 Å². The average Bonchev–Trinajstić information content (AvgIpc) is 3.86. The molecule has 0 bridgehead atoms. The van der Waals surface area contributed by atoms with Crippen molar-refractivity contribution in [3.8, 4) is 11.1 Å². The Balaban J connectivity index is 1.27. The highest BCUT2D eigenvalue weighted by Gasteiger charge is 2.48. The molecule has 0 unspecified atom stereocenters. The lowest BCUT2D eigenvalue weighted by Crippen LogP contribution is -2.60. The van der Waals surface area contributed by atoms with Crippen LogP contribution in [0.3, 0.4) is 0 Å². The van der Waals surface area contributed by atoms with E-state index in [0.717, 1.165) is 35.6 Å². The van der Waals surface area contributed by atoms with Crippen molar-refractivity contribution in [3.05, 3.63) is 203 Å². The molecule has 1 aliphatic carbocycles. The first-order valence-electron chi connectivity index (χ1n) is 30.7. The molecule has 83 heavy (non-hydrogen) atoms. The van der Waals surface area contributed by atoms with Gasteiger partial charge in [-0.15, -0.1) is 11.3 Å². The summed E-state index contributed by atoms with van der Waals surface area (Å²) in [6.07, 6.45) is 2.29. The van der Waals surface area contributed by atoms with Crippen molar-refractivity contribution in [2.75, 3.05) is 14.7 Å². The highest BCUT2D eigenvalue weighted by atomic mass is 32.1. The fourth-order valence-electron chi connectivity index (χ4n) is 13.7. The first-order chi connectivity index (χ1) is 38.8. The van der Waals surface area contributed by atoms with E-state index in [1.54, 1.807) is 0 Å². The molecule has 2 aliphatic heterocycles. The summed E-state index contributed by atoms with van der Waals surface area (Å²) in [4.78, 5) is 7.96. The molecule has 0 N–H and O–H groups in total. The van der Waals surface area contributed by atoms with Gasteiger partial charge in [0.15, 0.2) is 0 Å². The number of fused-ring (bicyclic) bond motifs is 7. The number of hydrogen-bond donors (Lipinski definition) is 0. The van der Waals surface area contributed by atoms with Gasteiger partial charge in [-0.2, -0.15) is 0 Å². The molecule has 12 rings (SSSR count). The van der Waals surface area contributed by atoms with Crippen LogP contribution in [0.4, 0.5) is 51.2 Å². The van der Waals surface area contributed by atoms with E-state index in [2.05, 4.69) is 310 Å². The molecular formula is C78H88BN3S. The van der Waals surface area contributed by atoms with Crippen molar-refractivity contribution < 1.29 is 0 Å². The second-order valence-electron chi connectivity index (χ2n) is 31.0. The number of benzene rings is 8. The average molecular weight is 1110 g/mol. The van der Waals surface area contributed by atoms with Crippen LogP contribution < -0.4 is 30.4 Å². The van der Waals surface area contributed by atoms with E-state index in [1.165, 1.54) is 104 Å². The first kappa shape index (κ1) is 56.7. The van der Waals surface area contributed by atoms with E-state index in [9.17, 15) is 0 Å². The molecule has 3 heterocycles. The highest BCUT2D eigenvalue weighted by Crippen LogP contribution is 2.55. The summed E-state index contributed by atoms with van der Waals surface area (Å²) in [5.74, 6) is 0. The number of anilines is 9. The summed E-state index contributed by atoms with van der Waals surface area (Å²) in [5.41, 5.74) is 25.2.